The normalized spacial score (nSPS) is 17.7. The van der Waals surface area contributed by atoms with Gasteiger partial charge in [0.2, 0.25) is 5.91 Å². The number of nitrogens with zero attached hydrogens (tertiary/aromatic N) is 1. The van der Waals surface area contributed by atoms with Crippen LogP contribution in [0.5, 0.6) is 0 Å². The van der Waals surface area contributed by atoms with Gasteiger partial charge in [-0.25, -0.2) is 0 Å². The molecule has 0 bridgehead atoms. The van der Waals surface area contributed by atoms with Gasteiger partial charge in [-0.3, -0.25) is 9.59 Å². The fourth-order valence-corrected chi connectivity index (χ4v) is 2.99. The van der Waals surface area contributed by atoms with Crippen molar-refractivity contribution in [2.75, 3.05) is 13.1 Å². The summed E-state index contributed by atoms with van der Waals surface area (Å²) in [6.45, 7) is 4.49. The number of carbonyl (C=O) groups excluding carboxylic acids is 1. The van der Waals surface area contributed by atoms with E-state index in [4.69, 9.17) is 5.11 Å². The molecule has 0 aromatic heterocycles. The van der Waals surface area contributed by atoms with E-state index in [1.807, 2.05) is 6.92 Å². The first-order chi connectivity index (χ1) is 9.54. The van der Waals surface area contributed by atoms with Gasteiger partial charge in [0.05, 0.1) is 5.92 Å². The van der Waals surface area contributed by atoms with Gasteiger partial charge in [0, 0.05) is 19.5 Å². The lowest BCUT2D eigenvalue weighted by atomic mass is 9.86. The summed E-state index contributed by atoms with van der Waals surface area (Å²) >= 11 is 0. The number of aliphatic carboxylic acids is 1. The van der Waals surface area contributed by atoms with Crippen molar-refractivity contribution in [3.05, 3.63) is 0 Å². The second-order valence-electron chi connectivity index (χ2n) is 6.07. The summed E-state index contributed by atoms with van der Waals surface area (Å²) in [5.41, 5.74) is 0. The molecule has 1 saturated carbocycles. The van der Waals surface area contributed by atoms with E-state index in [0.717, 1.165) is 18.8 Å². The van der Waals surface area contributed by atoms with Gasteiger partial charge >= 0.3 is 5.97 Å². The van der Waals surface area contributed by atoms with Gasteiger partial charge in [0.25, 0.3) is 0 Å². The number of hydrogen-bond donors (Lipinski definition) is 1. The van der Waals surface area contributed by atoms with Gasteiger partial charge in [-0.15, -0.1) is 0 Å². The van der Waals surface area contributed by atoms with Crippen molar-refractivity contribution < 1.29 is 14.7 Å². The predicted octanol–water partition coefficient (Wildman–Crippen LogP) is 3.31. The molecule has 1 fully saturated rings. The molecule has 116 valence electrons. The summed E-state index contributed by atoms with van der Waals surface area (Å²) in [6, 6.07) is 0. The van der Waals surface area contributed by atoms with E-state index >= 15 is 0 Å². The Balaban J connectivity index is 2.26. The molecule has 1 atom stereocenters. The first-order valence-corrected chi connectivity index (χ1v) is 8.05. The maximum Gasteiger partial charge on any atom is 0.308 e. The highest BCUT2D eigenvalue weighted by molar-refractivity contribution is 5.77. The Bertz CT molecular complexity index is 311. The van der Waals surface area contributed by atoms with Crippen LogP contribution in [0, 0.1) is 11.8 Å². The standard InChI is InChI=1S/C16H29NO3/c1-3-17(12-13(2)16(19)20)15(18)11-7-10-14-8-5-4-6-9-14/h13-14H,3-12H2,1-2H3,(H,19,20). The molecule has 0 aromatic carbocycles. The van der Waals surface area contributed by atoms with Crippen molar-refractivity contribution in [3.8, 4) is 0 Å². The quantitative estimate of drug-likeness (QED) is 0.743. The summed E-state index contributed by atoms with van der Waals surface area (Å²) in [7, 11) is 0. The maximum absolute atomic E-state index is 12.1. The van der Waals surface area contributed by atoms with E-state index in [-0.39, 0.29) is 5.91 Å². The number of carboxylic acids is 1. The Labute approximate surface area is 122 Å². The zero-order chi connectivity index (χ0) is 15.0. The third-order valence-electron chi connectivity index (χ3n) is 4.38. The Morgan fingerprint density at radius 3 is 2.45 bits per heavy atom. The number of carbonyl (C=O) groups is 2. The number of rotatable bonds is 8. The molecule has 0 heterocycles. The molecule has 1 rings (SSSR count). The van der Waals surface area contributed by atoms with Crippen molar-refractivity contribution in [1.82, 2.24) is 4.90 Å². The van der Waals surface area contributed by atoms with E-state index in [1.165, 1.54) is 32.1 Å². The van der Waals surface area contributed by atoms with Crippen LogP contribution in [0.2, 0.25) is 0 Å². The molecule has 0 radical (unpaired) electrons. The lowest BCUT2D eigenvalue weighted by Gasteiger charge is -2.24. The fourth-order valence-electron chi connectivity index (χ4n) is 2.99. The molecule has 0 saturated heterocycles. The van der Waals surface area contributed by atoms with E-state index < -0.39 is 11.9 Å². The zero-order valence-corrected chi connectivity index (χ0v) is 12.9. The molecular weight excluding hydrogens is 254 g/mol. The Morgan fingerprint density at radius 2 is 1.90 bits per heavy atom. The zero-order valence-electron chi connectivity index (χ0n) is 12.9. The third-order valence-corrected chi connectivity index (χ3v) is 4.38. The largest absolute Gasteiger partial charge is 0.481 e. The van der Waals surface area contributed by atoms with Crippen LogP contribution in [0.4, 0.5) is 0 Å². The second-order valence-corrected chi connectivity index (χ2v) is 6.07. The van der Waals surface area contributed by atoms with Crippen molar-refractivity contribution in [2.45, 2.75) is 65.2 Å². The highest BCUT2D eigenvalue weighted by Gasteiger charge is 2.19. The minimum absolute atomic E-state index is 0.108. The SMILES string of the molecule is CCN(CC(C)C(=O)O)C(=O)CCCC1CCCCC1. The highest BCUT2D eigenvalue weighted by Crippen LogP contribution is 2.27. The number of amides is 1. The van der Waals surface area contributed by atoms with Crippen molar-refractivity contribution in [1.29, 1.82) is 0 Å². The summed E-state index contributed by atoms with van der Waals surface area (Å²) in [4.78, 5) is 24.6. The van der Waals surface area contributed by atoms with Crippen molar-refractivity contribution in [3.63, 3.8) is 0 Å². The molecule has 1 amide bonds. The van der Waals surface area contributed by atoms with Gasteiger partial charge in [0.1, 0.15) is 0 Å². The topological polar surface area (TPSA) is 57.6 Å². The van der Waals surface area contributed by atoms with E-state index in [2.05, 4.69) is 0 Å². The van der Waals surface area contributed by atoms with Gasteiger partial charge in [-0.2, -0.15) is 0 Å². The molecule has 4 heteroatoms. The molecule has 1 unspecified atom stereocenters. The van der Waals surface area contributed by atoms with Crippen molar-refractivity contribution >= 4 is 11.9 Å². The average Bonchev–Trinajstić information content (AvgIpc) is 2.45. The van der Waals surface area contributed by atoms with Gasteiger partial charge in [-0.1, -0.05) is 39.0 Å². The summed E-state index contributed by atoms with van der Waals surface area (Å²) in [6.07, 6.45) is 9.36. The lowest BCUT2D eigenvalue weighted by molar-refractivity contribution is -0.143. The summed E-state index contributed by atoms with van der Waals surface area (Å²) in [5.74, 6) is -0.406. The molecular formula is C16H29NO3. The van der Waals surface area contributed by atoms with Crippen LogP contribution >= 0.6 is 0 Å². The molecule has 1 aliphatic rings. The third kappa shape index (κ3) is 5.93. The predicted molar refractivity (Wildman–Crippen MR) is 79.5 cm³/mol. The first kappa shape index (κ1) is 17.0. The first-order valence-electron chi connectivity index (χ1n) is 8.05. The van der Waals surface area contributed by atoms with E-state index in [9.17, 15) is 9.59 Å². The van der Waals surface area contributed by atoms with Gasteiger partial charge < -0.3 is 10.0 Å². The monoisotopic (exact) mass is 283 g/mol. The number of hydrogen-bond acceptors (Lipinski definition) is 2. The molecule has 4 nitrogen and oxygen atoms in total. The summed E-state index contributed by atoms with van der Waals surface area (Å²) < 4.78 is 0. The molecule has 0 aromatic rings. The Hall–Kier alpha value is -1.06. The summed E-state index contributed by atoms with van der Waals surface area (Å²) in [5, 5.41) is 8.92. The van der Waals surface area contributed by atoms with Crippen LogP contribution in [0.15, 0.2) is 0 Å². The van der Waals surface area contributed by atoms with Crippen LogP contribution in [-0.4, -0.2) is 35.0 Å². The maximum atomic E-state index is 12.1. The van der Waals surface area contributed by atoms with Crippen LogP contribution in [0.3, 0.4) is 0 Å². The Morgan fingerprint density at radius 1 is 1.25 bits per heavy atom. The lowest BCUT2D eigenvalue weighted by Crippen LogP contribution is -2.36. The fraction of sp³-hybridized carbons (Fsp3) is 0.875. The van der Waals surface area contributed by atoms with Crippen molar-refractivity contribution in [2.24, 2.45) is 11.8 Å². The number of carboxylic acid groups (broad SMARTS) is 1. The minimum Gasteiger partial charge on any atom is -0.481 e. The van der Waals surface area contributed by atoms with Crippen LogP contribution in [0.1, 0.15) is 65.2 Å². The molecule has 20 heavy (non-hydrogen) atoms. The van der Waals surface area contributed by atoms with E-state index in [1.54, 1.807) is 11.8 Å². The van der Waals surface area contributed by atoms with Crippen LogP contribution < -0.4 is 0 Å². The van der Waals surface area contributed by atoms with Gasteiger partial charge in [-0.05, 0) is 25.7 Å². The Kier molecular flexibility index (Phi) is 7.63. The molecule has 0 spiro atoms. The van der Waals surface area contributed by atoms with Crippen LogP contribution in [-0.2, 0) is 9.59 Å². The van der Waals surface area contributed by atoms with E-state index in [0.29, 0.717) is 19.5 Å². The molecule has 0 aliphatic heterocycles. The van der Waals surface area contributed by atoms with Gasteiger partial charge in [0.15, 0.2) is 0 Å². The average molecular weight is 283 g/mol. The van der Waals surface area contributed by atoms with Crippen LogP contribution in [0.25, 0.3) is 0 Å². The second kappa shape index (κ2) is 8.98. The minimum atomic E-state index is -0.835. The molecule has 1 N–H and O–H groups in total. The highest BCUT2D eigenvalue weighted by atomic mass is 16.4. The smallest absolute Gasteiger partial charge is 0.308 e. The molecule has 1 aliphatic carbocycles.